The Labute approximate surface area is 165 Å². The maximum Gasteiger partial charge on any atom is 0.233 e. The normalized spacial score (nSPS) is 10.7. The number of rotatable bonds is 7. The van der Waals surface area contributed by atoms with Crippen LogP contribution in [0.1, 0.15) is 36.1 Å². The molecule has 1 N–H and O–H groups in total. The molecule has 1 amide bonds. The summed E-state index contributed by atoms with van der Waals surface area (Å²) in [6, 6.07) is 11.3. The molecule has 2 rings (SSSR count). The first-order chi connectivity index (χ1) is 12.9. The van der Waals surface area contributed by atoms with Gasteiger partial charge in [-0.3, -0.25) is 4.79 Å². The van der Waals surface area contributed by atoms with Gasteiger partial charge in [0.05, 0.1) is 0 Å². The van der Waals surface area contributed by atoms with Crippen LogP contribution in [0.25, 0.3) is 6.08 Å². The van der Waals surface area contributed by atoms with Crippen molar-refractivity contribution in [2.75, 3.05) is 0 Å². The van der Waals surface area contributed by atoms with Crippen LogP contribution in [0.5, 0.6) is 5.75 Å². The third kappa shape index (κ3) is 6.27. The second-order valence-electron chi connectivity index (χ2n) is 6.48. The van der Waals surface area contributed by atoms with E-state index in [0.717, 1.165) is 28.7 Å². The lowest BCUT2D eigenvalue weighted by Gasteiger charge is -2.16. The van der Waals surface area contributed by atoms with Gasteiger partial charge in [-0.05, 0) is 56.5 Å². The number of benzene rings is 2. The van der Waals surface area contributed by atoms with Gasteiger partial charge in [0.25, 0.3) is 0 Å². The van der Waals surface area contributed by atoms with Crippen LogP contribution in [0.2, 0.25) is 5.02 Å². The number of ether oxygens (including phenoxy) is 1. The van der Waals surface area contributed by atoms with E-state index in [-0.39, 0.29) is 0 Å². The Morgan fingerprint density at radius 2 is 1.89 bits per heavy atom. The lowest BCUT2D eigenvalue weighted by molar-refractivity contribution is -0.115. The summed E-state index contributed by atoms with van der Waals surface area (Å²) in [6.07, 6.45) is 5.66. The van der Waals surface area contributed by atoms with E-state index in [9.17, 15) is 10.0 Å². The van der Waals surface area contributed by atoms with Gasteiger partial charge >= 0.3 is 0 Å². The first-order valence-electron chi connectivity index (χ1n) is 8.64. The van der Waals surface area contributed by atoms with Crippen molar-refractivity contribution in [1.29, 1.82) is 0 Å². The van der Waals surface area contributed by atoms with Crippen molar-refractivity contribution in [3.05, 3.63) is 86.6 Å². The summed E-state index contributed by atoms with van der Waals surface area (Å²) in [6.45, 7) is 6.50. The third-order valence-electron chi connectivity index (χ3n) is 4.05. The molecule has 0 bridgehead atoms. The highest BCUT2D eigenvalue weighted by molar-refractivity contribution is 6.30. The SMILES string of the molecule is CC(C)=CCc1c(C)ccc(/C=C/C(=O)N[O-])c1OCc1ccc(Cl)cc1. The van der Waals surface area contributed by atoms with Crippen molar-refractivity contribution in [2.45, 2.75) is 33.8 Å². The summed E-state index contributed by atoms with van der Waals surface area (Å²) in [5.74, 6) is 0.00229. The fourth-order valence-electron chi connectivity index (χ4n) is 2.54. The average molecular weight is 385 g/mol. The molecule has 0 aliphatic heterocycles. The molecule has 2 aromatic carbocycles. The molecule has 27 heavy (non-hydrogen) atoms. The maximum absolute atomic E-state index is 11.3. The standard InChI is InChI=1S/C22H23ClNO3/c1-15(2)4-12-20-16(3)5-8-18(9-13-21(25)24-26)22(20)27-14-17-6-10-19(23)11-7-17/h4-11,13H,12,14H2,1-3H3,(H-,24,25,26)/q-1/b13-9+. The van der Waals surface area contributed by atoms with Crippen LogP contribution >= 0.6 is 11.6 Å². The molecule has 0 atom stereocenters. The highest BCUT2D eigenvalue weighted by Crippen LogP contribution is 2.30. The number of amides is 1. The molecule has 2 aromatic rings. The minimum absolute atomic E-state index is 0.372. The molecule has 0 aromatic heterocycles. The number of hydroxylamine groups is 1. The van der Waals surface area contributed by atoms with Crippen molar-refractivity contribution in [2.24, 2.45) is 0 Å². The zero-order chi connectivity index (χ0) is 19.8. The van der Waals surface area contributed by atoms with E-state index in [1.165, 1.54) is 17.1 Å². The molecule has 0 unspecified atom stereocenters. The molecular formula is C22H23ClNO3-. The Balaban J connectivity index is 2.39. The van der Waals surface area contributed by atoms with Crippen LogP contribution in [0.15, 0.2) is 54.1 Å². The van der Waals surface area contributed by atoms with Gasteiger partial charge < -0.3 is 15.4 Å². The lowest BCUT2D eigenvalue weighted by Crippen LogP contribution is -2.11. The van der Waals surface area contributed by atoms with Crippen molar-refractivity contribution in [1.82, 2.24) is 5.48 Å². The zero-order valence-electron chi connectivity index (χ0n) is 15.7. The van der Waals surface area contributed by atoms with Gasteiger partial charge in [-0.1, -0.05) is 47.5 Å². The molecule has 142 valence electrons. The largest absolute Gasteiger partial charge is 0.759 e. The van der Waals surface area contributed by atoms with Gasteiger partial charge in [0, 0.05) is 22.2 Å². The summed E-state index contributed by atoms with van der Waals surface area (Å²) in [5.41, 5.74) is 6.44. The summed E-state index contributed by atoms with van der Waals surface area (Å²) in [5, 5.41) is 11.1. The van der Waals surface area contributed by atoms with Crippen LogP contribution in [-0.2, 0) is 17.8 Å². The maximum atomic E-state index is 11.3. The Morgan fingerprint density at radius 1 is 1.19 bits per heavy atom. The lowest BCUT2D eigenvalue weighted by atomic mass is 9.99. The number of aryl methyl sites for hydroxylation is 1. The second kappa shape index (κ2) is 9.95. The molecule has 0 spiro atoms. The van der Waals surface area contributed by atoms with Crippen LogP contribution in [0, 0.1) is 12.1 Å². The third-order valence-corrected chi connectivity index (χ3v) is 4.30. The number of halogens is 1. The minimum Gasteiger partial charge on any atom is -0.759 e. The van der Waals surface area contributed by atoms with E-state index in [2.05, 4.69) is 6.08 Å². The van der Waals surface area contributed by atoms with E-state index in [1.54, 1.807) is 6.08 Å². The number of hydrogen-bond acceptors (Lipinski definition) is 3. The predicted molar refractivity (Wildman–Crippen MR) is 111 cm³/mol. The van der Waals surface area contributed by atoms with Crippen LogP contribution in [0.4, 0.5) is 0 Å². The van der Waals surface area contributed by atoms with Gasteiger partial charge in [0.1, 0.15) is 12.4 Å². The number of hydrogen-bond donors (Lipinski definition) is 1. The van der Waals surface area contributed by atoms with Gasteiger partial charge in [-0.2, -0.15) is 0 Å². The Hall–Kier alpha value is -2.56. The Kier molecular flexibility index (Phi) is 7.65. The van der Waals surface area contributed by atoms with E-state index >= 15 is 0 Å². The van der Waals surface area contributed by atoms with E-state index in [0.29, 0.717) is 17.4 Å². The van der Waals surface area contributed by atoms with Gasteiger partial charge in [0.15, 0.2) is 0 Å². The fourth-order valence-corrected chi connectivity index (χ4v) is 2.67. The number of carbonyl (C=O) groups is 1. The smallest absolute Gasteiger partial charge is 0.233 e. The van der Waals surface area contributed by atoms with Crippen LogP contribution < -0.4 is 10.2 Å². The molecule has 5 heteroatoms. The van der Waals surface area contributed by atoms with E-state index in [4.69, 9.17) is 16.3 Å². The molecule has 0 aliphatic rings. The number of allylic oxidation sites excluding steroid dienone is 2. The molecule has 0 saturated heterocycles. The second-order valence-corrected chi connectivity index (χ2v) is 6.92. The molecular weight excluding hydrogens is 362 g/mol. The predicted octanol–water partition coefficient (Wildman–Crippen LogP) is 5.36. The van der Waals surface area contributed by atoms with Gasteiger partial charge in [-0.25, -0.2) is 0 Å². The highest BCUT2D eigenvalue weighted by Gasteiger charge is 2.11. The molecule has 0 heterocycles. The van der Waals surface area contributed by atoms with Gasteiger partial charge in [-0.15, -0.1) is 0 Å². The first kappa shape index (κ1) is 20.7. The summed E-state index contributed by atoms with van der Waals surface area (Å²) >= 11 is 5.94. The Bertz CT molecular complexity index is 851. The van der Waals surface area contributed by atoms with Crippen molar-refractivity contribution in [3.63, 3.8) is 0 Å². The molecule has 0 saturated carbocycles. The average Bonchev–Trinajstić information content (AvgIpc) is 2.65. The Morgan fingerprint density at radius 3 is 2.52 bits per heavy atom. The summed E-state index contributed by atoms with van der Waals surface area (Å²) < 4.78 is 6.14. The zero-order valence-corrected chi connectivity index (χ0v) is 16.5. The van der Waals surface area contributed by atoms with Crippen LogP contribution in [0.3, 0.4) is 0 Å². The van der Waals surface area contributed by atoms with Crippen molar-refractivity contribution in [3.8, 4) is 5.75 Å². The quantitative estimate of drug-likeness (QED) is 0.397. The van der Waals surface area contributed by atoms with Crippen molar-refractivity contribution < 1.29 is 9.53 Å². The number of nitrogens with one attached hydrogen (secondary N) is 1. The number of carbonyl (C=O) groups excluding carboxylic acids is 1. The van der Waals surface area contributed by atoms with Crippen LogP contribution in [-0.4, -0.2) is 5.91 Å². The van der Waals surface area contributed by atoms with E-state index < -0.39 is 5.91 Å². The summed E-state index contributed by atoms with van der Waals surface area (Å²) in [7, 11) is 0. The molecule has 4 nitrogen and oxygen atoms in total. The highest BCUT2D eigenvalue weighted by atomic mass is 35.5. The topological polar surface area (TPSA) is 61.4 Å². The monoisotopic (exact) mass is 384 g/mol. The van der Waals surface area contributed by atoms with E-state index in [1.807, 2.05) is 57.2 Å². The van der Waals surface area contributed by atoms with Crippen molar-refractivity contribution >= 4 is 23.6 Å². The molecule has 0 radical (unpaired) electrons. The molecule has 0 aliphatic carbocycles. The first-order valence-corrected chi connectivity index (χ1v) is 9.01. The molecule has 0 fully saturated rings. The minimum atomic E-state index is -0.704. The summed E-state index contributed by atoms with van der Waals surface area (Å²) in [4.78, 5) is 11.3. The van der Waals surface area contributed by atoms with Gasteiger partial charge in [0.2, 0.25) is 5.91 Å². The fraction of sp³-hybridized carbons (Fsp3) is 0.227.